The minimum Gasteiger partial charge on any atom is -0.493 e. The topological polar surface area (TPSA) is 47.9 Å². The van der Waals surface area contributed by atoms with E-state index in [1.807, 2.05) is 30.3 Å². The summed E-state index contributed by atoms with van der Waals surface area (Å²) in [5, 5.41) is 0. The summed E-state index contributed by atoms with van der Waals surface area (Å²) in [5.41, 5.74) is 7.89. The van der Waals surface area contributed by atoms with E-state index in [-0.39, 0.29) is 11.8 Å². The first kappa shape index (κ1) is 19.3. The fourth-order valence-corrected chi connectivity index (χ4v) is 5.68. The minimum atomic E-state index is 0.0944. The zero-order chi connectivity index (χ0) is 21.8. The first-order valence-corrected chi connectivity index (χ1v) is 11.3. The number of methoxy groups -OCH3 is 2. The zero-order valence-corrected chi connectivity index (χ0v) is 18.4. The SMILES string of the molecule is COc1cc2c(cc1OC)C1CCCCC1N=C2c1ccc2c(c1)C(=O)c1ccccc1-2. The van der Waals surface area contributed by atoms with Crippen LogP contribution in [-0.4, -0.2) is 31.8 Å². The van der Waals surface area contributed by atoms with Crippen molar-refractivity contribution in [3.05, 3.63) is 82.4 Å². The molecule has 160 valence electrons. The third kappa shape index (κ3) is 2.75. The van der Waals surface area contributed by atoms with Crippen molar-refractivity contribution in [3.63, 3.8) is 0 Å². The average Bonchev–Trinajstić information content (AvgIpc) is 3.14. The predicted octanol–water partition coefficient (Wildman–Crippen LogP) is 5.79. The Morgan fingerprint density at radius 1 is 0.781 bits per heavy atom. The molecule has 2 unspecified atom stereocenters. The normalized spacial score (nSPS) is 20.6. The first-order chi connectivity index (χ1) is 15.7. The number of hydrogen-bond donors (Lipinski definition) is 0. The molecule has 0 radical (unpaired) electrons. The van der Waals surface area contributed by atoms with Crippen LogP contribution in [0.5, 0.6) is 11.5 Å². The van der Waals surface area contributed by atoms with Gasteiger partial charge in [0.05, 0.1) is 26.0 Å². The van der Waals surface area contributed by atoms with Gasteiger partial charge in [0.2, 0.25) is 0 Å². The molecule has 0 amide bonds. The van der Waals surface area contributed by atoms with E-state index in [1.165, 1.54) is 18.4 Å². The average molecular weight is 424 g/mol. The van der Waals surface area contributed by atoms with E-state index in [4.69, 9.17) is 14.5 Å². The summed E-state index contributed by atoms with van der Waals surface area (Å²) in [6.07, 6.45) is 4.67. The van der Waals surface area contributed by atoms with Crippen molar-refractivity contribution in [2.75, 3.05) is 14.2 Å². The quantitative estimate of drug-likeness (QED) is 0.419. The van der Waals surface area contributed by atoms with Gasteiger partial charge in [0.1, 0.15) is 0 Å². The molecule has 3 aromatic carbocycles. The molecule has 0 saturated heterocycles. The molecule has 0 spiro atoms. The van der Waals surface area contributed by atoms with Crippen molar-refractivity contribution in [2.45, 2.75) is 37.6 Å². The molecular weight excluding hydrogens is 398 g/mol. The molecule has 1 heterocycles. The number of aliphatic imine (C=N–C) groups is 1. The monoisotopic (exact) mass is 423 g/mol. The predicted molar refractivity (Wildman–Crippen MR) is 125 cm³/mol. The van der Waals surface area contributed by atoms with Gasteiger partial charge in [0, 0.05) is 28.2 Å². The number of hydrogen-bond acceptors (Lipinski definition) is 4. The summed E-state index contributed by atoms with van der Waals surface area (Å²) < 4.78 is 11.2. The Balaban J connectivity index is 1.52. The Kier molecular flexibility index (Phi) is 4.42. The summed E-state index contributed by atoms with van der Waals surface area (Å²) in [4.78, 5) is 18.4. The van der Waals surface area contributed by atoms with Crippen LogP contribution in [-0.2, 0) is 0 Å². The van der Waals surface area contributed by atoms with Crippen molar-refractivity contribution in [1.82, 2.24) is 0 Å². The summed E-state index contributed by atoms with van der Waals surface area (Å²) >= 11 is 0. The van der Waals surface area contributed by atoms with E-state index >= 15 is 0 Å². The maximum Gasteiger partial charge on any atom is 0.194 e. The maximum absolute atomic E-state index is 13.1. The maximum atomic E-state index is 13.1. The van der Waals surface area contributed by atoms with Crippen LogP contribution in [0.3, 0.4) is 0 Å². The van der Waals surface area contributed by atoms with E-state index in [1.54, 1.807) is 14.2 Å². The molecule has 3 aliphatic rings. The van der Waals surface area contributed by atoms with Gasteiger partial charge in [-0.2, -0.15) is 0 Å². The lowest BCUT2D eigenvalue weighted by Gasteiger charge is -2.35. The second-order valence-electron chi connectivity index (χ2n) is 8.87. The Morgan fingerprint density at radius 2 is 1.50 bits per heavy atom. The molecule has 32 heavy (non-hydrogen) atoms. The molecule has 2 atom stereocenters. The second kappa shape index (κ2) is 7.33. The molecule has 2 aliphatic carbocycles. The molecule has 0 aromatic heterocycles. The van der Waals surface area contributed by atoms with Crippen LogP contribution in [0.1, 0.15) is 64.2 Å². The van der Waals surface area contributed by atoms with E-state index in [2.05, 4.69) is 24.3 Å². The van der Waals surface area contributed by atoms with Gasteiger partial charge < -0.3 is 9.47 Å². The largest absolute Gasteiger partial charge is 0.493 e. The van der Waals surface area contributed by atoms with Gasteiger partial charge in [-0.25, -0.2) is 0 Å². The van der Waals surface area contributed by atoms with E-state index in [0.717, 1.165) is 57.7 Å². The summed E-state index contributed by atoms with van der Waals surface area (Å²) in [7, 11) is 3.35. The lowest BCUT2D eigenvalue weighted by molar-refractivity contribution is 0.104. The zero-order valence-electron chi connectivity index (χ0n) is 18.4. The highest BCUT2D eigenvalue weighted by molar-refractivity contribution is 6.23. The standard InChI is InChI=1S/C28H25NO3/c1-31-25-14-21-19-8-5-6-10-24(19)29-27(22(21)15-26(25)32-2)16-11-12-18-17-7-3-4-9-20(17)28(30)23(18)13-16/h3-4,7,9,11-15,19,24H,5-6,8,10H2,1-2H3. The number of benzene rings is 3. The third-order valence-corrected chi connectivity index (χ3v) is 7.23. The highest BCUT2D eigenvalue weighted by Gasteiger charge is 2.35. The molecule has 1 aliphatic heterocycles. The number of ketones is 1. The number of rotatable bonds is 3. The molecule has 1 fully saturated rings. The van der Waals surface area contributed by atoms with Gasteiger partial charge in [0.15, 0.2) is 17.3 Å². The van der Waals surface area contributed by atoms with Gasteiger partial charge in [-0.05, 0) is 47.7 Å². The van der Waals surface area contributed by atoms with Crippen LogP contribution in [0.2, 0.25) is 0 Å². The number of carbonyl (C=O) groups is 1. The van der Waals surface area contributed by atoms with Gasteiger partial charge in [0.25, 0.3) is 0 Å². The van der Waals surface area contributed by atoms with Crippen molar-refractivity contribution < 1.29 is 14.3 Å². The smallest absolute Gasteiger partial charge is 0.194 e. The number of fused-ring (bicyclic) bond motifs is 6. The Morgan fingerprint density at radius 3 is 2.31 bits per heavy atom. The second-order valence-corrected chi connectivity index (χ2v) is 8.87. The van der Waals surface area contributed by atoms with Crippen LogP contribution < -0.4 is 9.47 Å². The van der Waals surface area contributed by atoms with Crippen molar-refractivity contribution in [3.8, 4) is 22.6 Å². The summed E-state index contributed by atoms with van der Waals surface area (Å²) in [5.74, 6) is 1.97. The molecule has 0 N–H and O–H groups in total. The first-order valence-electron chi connectivity index (χ1n) is 11.3. The number of ether oxygens (including phenoxy) is 2. The van der Waals surface area contributed by atoms with E-state index in [9.17, 15) is 4.79 Å². The Bertz CT molecular complexity index is 1290. The number of carbonyl (C=O) groups excluding carboxylic acids is 1. The molecule has 4 nitrogen and oxygen atoms in total. The lowest BCUT2D eigenvalue weighted by atomic mass is 9.75. The number of nitrogens with zero attached hydrogens (tertiary/aromatic N) is 1. The fourth-order valence-electron chi connectivity index (χ4n) is 5.68. The van der Waals surface area contributed by atoms with E-state index in [0.29, 0.717) is 11.7 Å². The Hall–Kier alpha value is -3.40. The van der Waals surface area contributed by atoms with E-state index < -0.39 is 0 Å². The lowest BCUT2D eigenvalue weighted by Crippen LogP contribution is -2.29. The molecule has 6 rings (SSSR count). The van der Waals surface area contributed by atoms with Crippen LogP contribution >= 0.6 is 0 Å². The molecule has 3 aromatic rings. The van der Waals surface area contributed by atoms with Gasteiger partial charge in [-0.3, -0.25) is 9.79 Å². The van der Waals surface area contributed by atoms with Crippen LogP contribution in [0.4, 0.5) is 0 Å². The molecule has 0 bridgehead atoms. The van der Waals surface area contributed by atoms with Crippen molar-refractivity contribution in [2.24, 2.45) is 4.99 Å². The molecule has 1 saturated carbocycles. The highest BCUT2D eigenvalue weighted by atomic mass is 16.5. The van der Waals surface area contributed by atoms with Crippen LogP contribution in [0, 0.1) is 0 Å². The van der Waals surface area contributed by atoms with Gasteiger partial charge >= 0.3 is 0 Å². The fraction of sp³-hybridized carbons (Fsp3) is 0.286. The molecule has 4 heteroatoms. The summed E-state index contributed by atoms with van der Waals surface area (Å²) in [6, 6.07) is 18.5. The summed E-state index contributed by atoms with van der Waals surface area (Å²) in [6.45, 7) is 0. The van der Waals surface area contributed by atoms with Gasteiger partial charge in [-0.1, -0.05) is 49.2 Å². The van der Waals surface area contributed by atoms with Crippen LogP contribution in [0.15, 0.2) is 59.6 Å². The van der Waals surface area contributed by atoms with Gasteiger partial charge in [-0.15, -0.1) is 0 Å². The van der Waals surface area contributed by atoms with Crippen molar-refractivity contribution in [1.29, 1.82) is 0 Å². The van der Waals surface area contributed by atoms with Crippen LogP contribution in [0.25, 0.3) is 11.1 Å². The van der Waals surface area contributed by atoms with Crippen molar-refractivity contribution >= 4 is 11.5 Å². The third-order valence-electron chi connectivity index (χ3n) is 7.23. The molecular formula is C28H25NO3. The minimum absolute atomic E-state index is 0.0944. The Labute approximate surface area is 187 Å². The highest BCUT2D eigenvalue weighted by Crippen LogP contribution is 2.45.